The van der Waals surface area contributed by atoms with Crippen LogP contribution in [0.15, 0.2) is 18.5 Å². The van der Waals surface area contributed by atoms with Gasteiger partial charge in [0, 0.05) is 30.3 Å². The Hall–Kier alpha value is -0.280. The highest BCUT2D eigenvalue weighted by molar-refractivity contribution is 9.09. The first kappa shape index (κ1) is 11.8. The summed E-state index contributed by atoms with van der Waals surface area (Å²) >= 11 is 9.56. The summed E-state index contributed by atoms with van der Waals surface area (Å²) in [4.78, 5) is 6.11. The van der Waals surface area contributed by atoms with Crippen molar-refractivity contribution >= 4 is 33.2 Å². The predicted octanol–water partition coefficient (Wildman–Crippen LogP) is 3.34. The van der Waals surface area contributed by atoms with Crippen LogP contribution in [0, 0.1) is 0 Å². The lowest BCUT2D eigenvalue weighted by Crippen LogP contribution is -2.42. The van der Waals surface area contributed by atoms with Crippen molar-refractivity contribution in [1.82, 2.24) is 4.98 Å². The molecule has 0 fully saturated rings. The van der Waals surface area contributed by atoms with Crippen molar-refractivity contribution in [2.24, 2.45) is 0 Å². The number of aromatic nitrogens is 1. The van der Waals surface area contributed by atoms with E-state index in [0.717, 1.165) is 11.0 Å². The second-order valence-corrected chi connectivity index (χ2v) is 4.80. The average Bonchev–Trinajstić information content (AvgIpc) is 2.17. The van der Waals surface area contributed by atoms with E-state index in [1.54, 1.807) is 12.4 Å². The molecule has 0 atom stereocenters. The number of halogens is 2. The van der Waals surface area contributed by atoms with E-state index in [9.17, 15) is 0 Å². The minimum atomic E-state index is 0.0327. The Morgan fingerprint density at radius 1 is 1.57 bits per heavy atom. The molecule has 0 saturated carbocycles. The molecule has 1 rings (SSSR count). The van der Waals surface area contributed by atoms with Gasteiger partial charge >= 0.3 is 0 Å². The Morgan fingerprint density at radius 2 is 2.21 bits per heavy atom. The van der Waals surface area contributed by atoms with Crippen LogP contribution in [0.2, 0.25) is 5.02 Å². The molecule has 1 aromatic heterocycles. The first-order valence-corrected chi connectivity index (χ1v) is 5.88. The van der Waals surface area contributed by atoms with Crippen LogP contribution in [0.4, 0.5) is 5.69 Å². The molecule has 78 valence electrons. The zero-order chi connectivity index (χ0) is 10.8. The lowest BCUT2D eigenvalue weighted by molar-refractivity contribution is 0.552. The van der Waals surface area contributed by atoms with E-state index >= 15 is 0 Å². The third-order valence-electron chi connectivity index (χ3n) is 2.35. The number of anilines is 1. The van der Waals surface area contributed by atoms with E-state index in [1.165, 1.54) is 0 Å². The van der Waals surface area contributed by atoms with Crippen LogP contribution in [0.5, 0.6) is 0 Å². The lowest BCUT2D eigenvalue weighted by atomic mass is 10.1. The van der Waals surface area contributed by atoms with Gasteiger partial charge in [0.15, 0.2) is 0 Å². The number of nitrogens with zero attached hydrogens (tertiary/aromatic N) is 2. The number of hydrogen-bond acceptors (Lipinski definition) is 2. The molecule has 0 aliphatic rings. The smallest absolute Gasteiger partial charge is 0.0822 e. The van der Waals surface area contributed by atoms with E-state index < -0.39 is 0 Å². The van der Waals surface area contributed by atoms with Crippen molar-refractivity contribution in [3.63, 3.8) is 0 Å². The van der Waals surface area contributed by atoms with Crippen LogP contribution in [0.25, 0.3) is 0 Å². The maximum atomic E-state index is 6.06. The fourth-order valence-corrected chi connectivity index (χ4v) is 1.68. The van der Waals surface area contributed by atoms with Crippen LogP contribution in [-0.4, -0.2) is 22.9 Å². The second kappa shape index (κ2) is 4.49. The van der Waals surface area contributed by atoms with E-state index in [2.05, 4.69) is 39.7 Å². The van der Waals surface area contributed by atoms with E-state index in [0.29, 0.717) is 5.02 Å². The fraction of sp³-hybridized carbons (Fsp3) is 0.500. The summed E-state index contributed by atoms with van der Waals surface area (Å²) in [5.74, 6) is 0. The molecule has 0 bridgehead atoms. The third-order valence-corrected chi connectivity index (χ3v) is 4.01. The summed E-state index contributed by atoms with van der Waals surface area (Å²) in [6, 6.07) is 1.92. The van der Waals surface area contributed by atoms with Crippen LogP contribution in [0.3, 0.4) is 0 Å². The maximum Gasteiger partial charge on any atom is 0.0822 e. The Labute approximate surface area is 98.4 Å². The van der Waals surface area contributed by atoms with Crippen LogP contribution in [-0.2, 0) is 0 Å². The molecule has 0 aliphatic carbocycles. The molecule has 0 N–H and O–H groups in total. The van der Waals surface area contributed by atoms with Crippen LogP contribution >= 0.6 is 27.5 Å². The molecule has 0 radical (unpaired) electrons. The highest BCUT2D eigenvalue weighted by atomic mass is 79.9. The maximum absolute atomic E-state index is 6.06. The quantitative estimate of drug-likeness (QED) is 0.788. The topological polar surface area (TPSA) is 16.1 Å². The van der Waals surface area contributed by atoms with E-state index in [-0.39, 0.29) is 5.54 Å². The van der Waals surface area contributed by atoms with Crippen molar-refractivity contribution in [2.75, 3.05) is 17.3 Å². The highest BCUT2D eigenvalue weighted by Crippen LogP contribution is 2.29. The van der Waals surface area contributed by atoms with Gasteiger partial charge < -0.3 is 4.90 Å². The zero-order valence-corrected chi connectivity index (χ0v) is 10.9. The minimum absolute atomic E-state index is 0.0327. The van der Waals surface area contributed by atoms with Crippen molar-refractivity contribution in [3.05, 3.63) is 23.5 Å². The molecule has 0 saturated heterocycles. The van der Waals surface area contributed by atoms with Gasteiger partial charge in [0.1, 0.15) is 0 Å². The molecule has 4 heteroatoms. The molecule has 0 aliphatic heterocycles. The van der Waals surface area contributed by atoms with Gasteiger partial charge in [-0.1, -0.05) is 27.5 Å². The molecule has 1 heterocycles. The summed E-state index contributed by atoms with van der Waals surface area (Å²) in [5.41, 5.74) is 1.04. The number of pyridine rings is 1. The Bertz CT molecular complexity index is 315. The molecular formula is C10H14BrClN2. The minimum Gasteiger partial charge on any atom is -0.367 e. The Kier molecular flexibility index (Phi) is 3.78. The van der Waals surface area contributed by atoms with Gasteiger partial charge in [0.25, 0.3) is 0 Å². The average molecular weight is 278 g/mol. The van der Waals surface area contributed by atoms with Gasteiger partial charge in [0.2, 0.25) is 0 Å². The zero-order valence-electron chi connectivity index (χ0n) is 8.59. The fourth-order valence-electron chi connectivity index (χ4n) is 1.06. The number of hydrogen-bond donors (Lipinski definition) is 0. The van der Waals surface area contributed by atoms with Gasteiger partial charge in [-0.25, -0.2) is 0 Å². The van der Waals surface area contributed by atoms with Gasteiger partial charge in [-0.05, 0) is 19.9 Å². The summed E-state index contributed by atoms with van der Waals surface area (Å²) in [5, 5.41) is 1.57. The highest BCUT2D eigenvalue weighted by Gasteiger charge is 2.23. The molecular weight excluding hydrogens is 263 g/mol. The standard InChI is InChI=1S/C10H14BrClN2/c1-10(2,7-11)14(3)9-4-5-13-6-8(9)12/h4-6H,7H2,1-3H3. The largest absolute Gasteiger partial charge is 0.367 e. The normalized spacial score (nSPS) is 11.5. The van der Waals surface area contributed by atoms with Crippen molar-refractivity contribution in [2.45, 2.75) is 19.4 Å². The summed E-state index contributed by atoms with van der Waals surface area (Å²) in [6.45, 7) is 4.30. The van der Waals surface area contributed by atoms with Gasteiger partial charge in [-0.3, -0.25) is 4.98 Å². The molecule has 14 heavy (non-hydrogen) atoms. The summed E-state index contributed by atoms with van der Waals surface area (Å²) in [6.07, 6.45) is 3.42. The monoisotopic (exact) mass is 276 g/mol. The van der Waals surface area contributed by atoms with Crippen molar-refractivity contribution in [1.29, 1.82) is 0 Å². The Balaban J connectivity index is 3.00. The first-order chi connectivity index (χ1) is 6.49. The van der Waals surface area contributed by atoms with Gasteiger partial charge in [-0.2, -0.15) is 0 Å². The SMILES string of the molecule is CN(c1ccncc1Cl)C(C)(C)CBr. The summed E-state index contributed by atoms with van der Waals surface area (Å²) in [7, 11) is 2.03. The second-order valence-electron chi connectivity index (χ2n) is 3.83. The van der Waals surface area contributed by atoms with Crippen LogP contribution in [0.1, 0.15) is 13.8 Å². The number of rotatable bonds is 3. The molecule has 2 nitrogen and oxygen atoms in total. The molecule has 0 aromatic carbocycles. The van der Waals surface area contributed by atoms with Gasteiger partial charge in [-0.15, -0.1) is 0 Å². The Morgan fingerprint density at radius 3 is 2.71 bits per heavy atom. The lowest BCUT2D eigenvalue weighted by Gasteiger charge is -2.36. The third kappa shape index (κ3) is 2.39. The predicted molar refractivity (Wildman–Crippen MR) is 65.5 cm³/mol. The molecule has 0 amide bonds. The van der Waals surface area contributed by atoms with E-state index in [1.807, 2.05) is 13.1 Å². The van der Waals surface area contributed by atoms with Gasteiger partial charge in [0.05, 0.1) is 10.7 Å². The summed E-state index contributed by atoms with van der Waals surface area (Å²) < 4.78 is 0. The number of alkyl halides is 1. The molecule has 0 spiro atoms. The van der Waals surface area contributed by atoms with Crippen LogP contribution < -0.4 is 4.90 Å². The van der Waals surface area contributed by atoms with Crippen molar-refractivity contribution in [3.8, 4) is 0 Å². The first-order valence-electron chi connectivity index (χ1n) is 4.38. The van der Waals surface area contributed by atoms with E-state index in [4.69, 9.17) is 11.6 Å². The molecule has 0 unspecified atom stereocenters. The van der Waals surface area contributed by atoms with Crippen molar-refractivity contribution < 1.29 is 0 Å². The molecule has 1 aromatic rings.